The Kier molecular flexibility index (Phi) is 4.62. The van der Waals surface area contributed by atoms with E-state index in [0.29, 0.717) is 0 Å². The molecule has 1 rings (SSSR count). The van der Waals surface area contributed by atoms with Gasteiger partial charge < -0.3 is 5.73 Å². The number of hydrogen-bond donors (Lipinski definition) is 2. The van der Waals surface area contributed by atoms with Crippen molar-refractivity contribution in [1.29, 1.82) is 0 Å². The molecule has 0 aliphatic rings. The topological polar surface area (TPSA) is 72.2 Å². The van der Waals surface area contributed by atoms with Gasteiger partial charge in [0.05, 0.1) is 4.90 Å². The third-order valence-electron chi connectivity index (χ3n) is 2.49. The summed E-state index contributed by atoms with van der Waals surface area (Å²) in [5, 5.41) is 0. The SMILES string of the molecule is CC(C)C(CN)NS(=O)(=O)c1ccc(F)cc1. The second-order valence-electron chi connectivity index (χ2n) is 4.16. The van der Waals surface area contributed by atoms with Crippen LogP contribution in [0.5, 0.6) is 0 Å². The Bertz CT molecular complexity index is 457. The zero-order valence-corrected chi connectivity index (χ0v) is 10.7. The normalized spacial score (nSPS) is 13.9. The Morgan fingerprint density at radius 1 is 1.29 bits per heavy atom. The first-order valence-corrected chi connectivity index (χ1v) is 6.83. The first-order valence-electron chi connectivity index (χ1n) is 5.35. The third-order valence-corrected chi connectivity index (χ3v) is 3.99. The highest BCUT2D eigenvalue weighted by Gasteiger charge is 2.21. The molecular weight excluding hydrogens is 243 g/mol. The van der Waals surface area contributed by atoms with Crippen LogP contribution in [0.3, 0.4) is 0 Å². The second kappa shape index (κ2) is 5.57. The van der Waals surface area contributed by atoms with Gasteiger partial charge in [0, 0.05) is 12.6 Å². The maximum Gasteiger partial charge on any atom is 0.240 e. The molecule has 0 amide bonds. The molecule has 0 aliphatic carbocycles. The molecule has 0 fully saturated rings. The largest absolute Gasteiger partial charge is 0.329 e. The van der Waals surface area contributed by atoms with E-state index in [1.165, 1.54) is 12.1 Å². The first-order chi connectivity index (χ1) is 7.86. The van der Waals surface area contributed by atoms with Crippen molar-refractivity contribution in [1.82, 2.24) is 4.72 Å². The second-order valence-corrected chi connectivity index (χ2v) is 5.88. The molecule has 0 spiro atoms. The lowest BCUT2D eigenvalue weighted by molar-refractivity contribution is 0.454. The van der Waals surface area contributed by atoms with Gasteiger partial charge in [-0.3, -0.25) is 0 Å². The molecule has 0 radical (unpaired) electrons. The van der Waals surface area contributed by atoms with Crippen molar-refractivity contribution in [3.8, 4) is 0 Å². The van der Waals surface area contributed by atoms with Crippen LogP contribution < -0.4 is 10.5 Å². The fraction of sp³-hybridized carbons (Fsp3) is 0.455. The van der Waals surface area contributed by atoms with Crippen LogP contribution in [0, 0.1) is 11.7 Å². The van der Waals surface area contributed by atoms with Crippen LogP contribution in [0.25, 0.3) is 0 Å². The Hall–Kier alpha value is -0.980. The molecule has 96 valence electrons. The lowest BCUT2D eigenvalue weighted by Gasteiger charge is -2.20. The van der Waals surface area contributed by atoms with E-state index in [-0.39, 0.29) is 23.4 Å². The van der Waals surface area contributed by atoms with E-state index in [0.717, 1.165) is 12.1 Å². The van der Waals surface area contributed by atoms with Crippen LogP contribution in [0.4, 0.5) is 4.39 Å². The molecular formula is C11H17FN2O2S. The van der Waals surface area contributed by atoms with Gasteiger partial charge in [-0.25, -0.2) is 17.5 Å². The molecule has 0 aromatic heterocycles. The predicted molar refractivity (Wildman–Crippen MR) is 64.4 cm³/mol. The van der Waals surface area contributed by atoms with Crippen molar-refractivity contribution in [3.63, 3.8) is 0 Å². The molecule has 6 heteroatoms. The Morgan fingerprint density at radius 3 is 2.24 bits per heavy atom. The molecule has 3 N–H and O–H groups in total. The van der Waals surface area contributed by atoms with Crippen molar-refractivity contribution < 1.29 is 12.8 Å². The summed E-state index contributed by atoms with van der Waals surface area (Å²) in [7, 11) is -3.63. The standard InChI is InChI=1S/C11H17FN2O2S/c1-8(2)11(7-13)14-17(15,16)10-5-3-9(12)4-6-10/h3-6,8,11,14H,7,13H2,1-2H3. The molecule has 0 saturated carbocycles. The smallest absolute Gasteiger partial charge is 0.240 e. The summed E-state index contributed by atoms with van der Waals surface area (Å²) < 4.78 is 39.1. The lowest BCUT2D eigenvalue weighted by Crippen LogP contribution is -2.43. The van der Waals surface area contributed by atoms with Gasteiger partial charge in [0.1, 0.15) is 5.82 Å². The molecule has 0 heterocycles. The molecule has 0 aliphatic heterocycles. The van der Waals surface area contributed by atoms with Crippen molar-refractivity contribution >= 4 is 10.0 Å². The summed E-state index contributed by atoms with van der Waals surface area (Å²) in [4.78, 5) is 0.0398. The highest BCUT2D eigenvalue weighted by Crippen LogP contribution is 2.12. The van der Waals surface area contributed by atoms with E-state index in [2.05, 4.69) is 4.72 Å². The predicted octanol–water partition coefficient (Wildman–Crippen LogP) is 1.09. The van der Waals surface area contributed by atoms with Crippen LogP contribution in [0.15, 0.2) is 29.2 Å². The highest BCUT2D eigenvalue weighted by atomic mass is 32.2. The Balaban J connectivity index is 2.92. The highest BCUT2D eigenvalue weighted by molar-refractivity contribution is 7.89. The molecule has 17 heavy (non-hydrogen) atoms. The summed E-state index contributed by atoms with van der Waals surface area (Å²) in [5.74, 6) is -0.376. The summed E-state index contributed by atoms with van der Waals surface area (Å²) in [5.41, 5.74) is 5.50. The molecule has 4 nitrogen and oxygen atoms in total. The van der Waals surface area contributed by atoms with Crippen LogP contribution in [-0.2, 0) is 10.0 Å². The van der Waals surface area contributed by atoms with Crippen LogP contribution >= 0.6 is 0 Å². The summed E-state index contributed by atoms with van der Waals surface area (Å²) >= 11 is 0. The van der Waals surface area contributed by atoms with Crippen molar-refractivity contribution in [3.05, 3.63) is 30.1 Å². The molecule has 0 bridgehead atoms. The molecule has 1 atom stereocenters. The number of nitrogens with two attached hydrogens (primary N) is 1. The van der Waals surface area contributed by atoms with E-state index in [1.54, 1.807) is 0 Å². The number of rotatable bonds is 5. The van der Waals surface area contributed by atoms with E-state index in [4.69, 9.17) is 5.73 Å². The van der Waals surface area contributed by atoms with Gasteiger partial charge in [-0.15, -0.1) is 0 Å². The van der Waals surface area contributed by atoms with Gasteiger partial charge >= 0.3 is 0 Å². The average molecular weight is 260 g/mol. The van der Waals surface area contributed by atoms with Crippen LogP contribution in [0.2, 0.25) is 0 Å². The average Bonchev–Trinajstić information content (AvgIpc) is 2.26. The van der Waals surface area contributed by atoms with Gasteiger partial charge in [-0.05, 0) is 30.2 Å². The number of halogens is 1. The van der Waals surface area contributed by atoms with Crippen LogP contribution in [0.1, 0.15) is 13.8 Å². The minimum Gasteiger partial charge on any atom is -0.329 e. The van der Waals surface area contributed by atoms with Gasteiger partial charge in [0.2, 0.25) is 10.0 Å². The summed E-state index contributed by atoms with van der Waals surface area (Å²) in [6.45, 7) is 3.98. The van der Waals surface area contributed by atoms with Gasteiger partial charge in [0.25, 0.3) is 0 Å². The fourth-order valence-corrected chi connectivity index (χ4v) is 2.73. The summed E-state index contributed by atoms with van der Waals surface area (Å²) in [6.07, 6.45) is 0. The van der Waals surface area contributed by atoms with E-state index in [9.17, 15) is 12.8 Å². The molecule has 1 unspecified atom stereocenters. The quantitative estimate of drug-likeness (QED) is 0.832. The summed E-state index contributed by atoms with van der Waals surface area (Å²) in [6, 6.07) is 4.35. The third kappa shape index (κ3) is 3.76. The van der Waals surface area contributed by atoms with Crippen molar-refractivity contribution in [2.45, 2.75) is 24.8 Å². The number of nitrogens with one attached hydrogen (secondary N) is 1. The lowest BCUT2D eigenvalue weighted by atomic mass is 10.1. The maximum absolute atomic E-state index is 12.7. The maximum atomic E-state index is 12.7. The van der Waals surface area contributed by atoms with Gasteiger partial charge in [-0.1, -0.05) is 13.8 Å². The Morgan fingerprint density at radius 2 is 1.82 bits per heavy atom. The van der Waals surface area contributed by atoms with E-state index < -0.39 is 15.8 Å². The number of benzene rings is 1. The van der Waals surface area contributed by atoms with Crippen molar-refractivity contribution in [2.75, 3.05) is 6.54 Å². The minimum atomic E-state index is -3.63. The van der Waals surface area contributed by atoms with Crippen molar-refractivity contribution in [2.24, 2.45) is 11.7 Å². The molecule has 1 aromatic rings. The van der Waals surface area contributed by atoms with E-state index in [1.807, 2.05) is 13.8 Å². The Labute approximate surface area is 101 Å². The van der Waals surface area contributed by atoms with Gasteiger partial charge in [-0.2, -0.15) is 0 Å². The van der Waals surface area contributed by atoms with Gasteiger partial charge in [0.15, 0.2) is 0 Å². The first kappa shape index (κ1) is 14.1. The fourth-order valence-electron chi connectivity index (χ4n) is 1.34. The minimum absolute atomic E-state index is 0.0398. The van der Waals surface area contributed by atoms with E-state index >= 15 is 0 Å². The zero-order chi connectivity index (χ0) is 13.1. The zero-order valence-electron chi connectivity index (χ0n) is 9.85. The number of hydrogen-bond acceptors (Lipinski definition) is 3. The molecule has 1 aromatic carbocycles. The molecule has 0 saturated heterocycles. The monoisotopic (exact) mass is 260 g/mol. The number of sulfonamides is 1. The van der Waals surface area contributed by atoms with Crippen LogP contribution in [-0.4, -0.2) is 21.0 Å².